The van der Waals surface area contributed by atoms with Gasteiger partial charge in [0, 0.05) is 32.5 Å². The van der Waals surface area contributed by atoms with Gasteiger partial charge in [-0.1, -0.05) is 146 Å². The van der Waals surface area contributed by atoms with Gasteiger partial charge < -0.3 is 4.40 Å². The minimum Gasteiger partial charge on any atom is -0.308 e. The van der Waals surface area contributed by atoms with E-state index in [0.717, 1.165) is 44.7 Å². The van der Waals surface area contributed by atoms with Gasteiger partial charge in [0.25, 0.3) is 0 Å². The summed E-state index contributed by atoms with van der Waals surface area (Å²) in [5.41, 5.74) is 14.2. The molecular formula is C50H30N4. The molecule has 0 amide bonds. The standard InChI is InChI=1S/C50H30N4/c1-2-11-31(12-3-1)32-23-25-33(26-24-32)34-27-29-35(30-28-34)48-50(52-41-18-6-5-17-40(41)51-48)54-43-20-9-14-37-39-16-8-15-38-36-13-4-7-19-42(36)53(49(38)39)44-21-10-22-45(54)47(44)46(37)43/h1-30H. The van der Waals surface area contributed by atoms with E-state index in [1.165, 1.54) is 65.6 Å². The molecule has 4 aromatic heterocycles. The number of hydrogen-bond donors (Lipinski definition) is 0. The first-order chi connectivity index (χ1) is 26.8. The maximum atomic E-state index is 5.43. The fraction of sp³-hybridized carbons (Fsp3) is 0. The molecule has 4 heteroatoms. The molecule has 12 aromatic rings. The Morgan fingerprint density at radius 1 is 0.315 bits per heavy atom. The minimum atomic E-state index is 0.819. The highest BCUT2D eigenvalue weighted by Crippen LogP contribution is 2.44. The summed E-state index contributed by atoms with van der Waals surface area (Å²) in [4.78, 5) is 10.8. The Balaban J connectivity index is 1.12. The number of fused-ring (bicyclic) bond motifs is 6. The van der Waals surface area contributed by atoms with Crippen LogP contribution in [0.1, 0.15) is 0 Å². The molecule has 0 saturated carbocycles. The van der Waals surface area contributed by atoms with Crippen molar-refractivity contribution in [1.29, 1.82) is 0 Å². The topological polar surface area (TPSA) is 35.1 Å². The van der Waals surface area contributed by atoms with Crippen molar-refractivity contribution in [2.75, 3.05) is 0 Å². The lowest BCUT2D eigenvalue weighted by Crippen LogP contribution is -2.03. The normalized spacial score (nSPS) is 12.1. The van der Waals surface area contributed by atoms with E-state index in [0.29, 0.717) is 0 Å². The third kappa shape index (κ3) is 4.08. The van der Waals surface area contributed by atoms with Gasteiger partial charge in [-0.25, -0.2) is 9.97 Å². The van der Waals surface area contributed by atoms with Gasteiger partial charge in [-0.05, 0) is 64.0 Å². The number of para-hydroxylation sites is 4. The summed E-state index contributed by atoms with van der Waals surface area (Å²) >= 11 is 0. The van der Waals surface area contributed by atoms with Gasteiger partial charge in [-0.15, -0.1) is 0 Å². The van der Waals surface area contributed by atoms with Crippen molar-refractivity contribution in [2.24, 2.45) is 0 Å². The van der Waals surface area contributed by atoms with E-state index in [9.17, 15) is 0 Å². The fourth-order valence-corrected chi connectivity index (χ4v) is 8.86. The molecule has 0 radical (unpaired) electrons. The molecule has 12 rings (SSSR count). The zero-order valence-corrected chi connectivity index (χ0v) is 29.1. The second-order valence-electron chi connectivity index (χ2n) is 14.2. The summed E-state index contributed by atoms with van der Waals surface area (Å²) in [5, 5.41) is 7.46. The second-order valence-corrected chi connectivity index (χ2v) is 14.2. The molecular weight excluding hydrogens is 657 g/mol. The van der Waals surface area contributed by atoms with Crippen molar-refractivity contribution in [3.63, 3.8) is 0 Å². The third-order valence-corrected chi connectivity index (χ3v) is 11.3. The molecule has 0 unspecified atom stereocenters. The lowest BCUT2D eigenvalue weighted by Gasteiger charge is -2.14. The number of hydrogen-bond acceptors (Lipinski definition) is 2. The predicted octanol–water partition coefficient (Wildman–Crippen LogP) is 12.9. The predicted molar refractivity (Wildman–Crippen MR) is 225 cm³/mol. The maximum absolute atomic E-state index is 5.43. The number of benzene rings is 8. The van der Waals surface area contributed by atoms with Crippen LogP contribution in [-0.2, 0) is 0 Å². The van der Waals surface area contributed by atoms with Crippen molar-refractivity contribution in [3.8, 4) is 39.3 Å². The molecule has 4 heterocycles. The van der Waals surface area contributed by atoms with E-state index >= 15 is 0 Å². The summed E-state index contributed by atoms with van der Waals surface area (Å²) in [6, 6.07) is 65.2. The summed E-state index contributed by atoms with van der Waals surface area (Å²) in [6.07, 6.45) is 0. The van der Waals surface area contributed by atoms with Crippen molar-refractivity contribution in [1.82, 2.24) is 18.9 Å². The van der Waals surface area contributed by atoms with Crippen LogP contribution in [0.15, 0.2) is 182 Å². The van der Waals surface area contributed by atoms with Crippen LogP contribution in [-0.4, -0.2) is 18.9 Å². The summed E-state index contributed by atoms with van der Waals surface area (Å²) in [5.74, 6) is 0.819. The van der Waals surface area contributed by atoms with Gasteiger partial charge in [0.15, 0.2) is 5.82 Å². The molecule has 0 bridgehead atoms. The molecule has 54 heavy (non-hydrogen) atoms. The Labute approximate surface area is 310 Å². The first-order valence-corrected chi connectivity index (χ1v) is 18.4. The molecule has 0 spiro atoms. The maximum Gasteiger partial charge on any atom is 0.165 e. The molecule has 0 aliphatic heterocycles. The quantitative estimate of drug-likeness (QED) is 0.185. The average molecular weight is 687 g/mol. The van der Waals surface area contributed by atoms with Crippen LogP contribution in [0.25, 0.3) is 110 Å². The molecule has 4 nitrogen and oxygen atoms in total. The van der Waals surface area contributed by atoms with E-state index in [1.54, 1.807) is 0 Å². The first-order valence-electron chi connectivity index (χ1n) is 18.4. The highest BCUT2D eigenvalue weighted by atomic mass is 15.1. The van der Waals surface area contributed by atoms with Crippen LogP contribution >= 0.6 is 0 Å². The Morgan fingerprint density at radius 3 is 1.54 bits per heavy atom. The molecule has 0 atom stereocenters. The third-order valence-electron chi connectivity index (χ3n) is 11.3. The van der Waals surface area contributed by atoms with E-state index in [1.807, 2.05) is 12.1 Å². The van der Waals surface area contributed by atoms with Crippen LogP contribution in [0.2, 0.25) is 0 Å². The molecule has 0 saturated heterocycles. The van der Waals surface area contributed by atoms with Gasteiger partial charge >= 0.3 is 0 Å². The summed E-state index contributed by atoms with van der Waals surface area (Å²) in [6.45, 7) is 0. The Bertz CT molecular complexity index is 3410. The monoisotopic (exact) mass is 686 g/mol. The van der Waals surface area contributed by atoms with Crippen molar-refractivity contribution >= 4 is 70.9 Å². The highest BCUT2D eigenvalue weighted by molar-refractivity contribution is 6.31. The fourth-order valence-electron chi connectivity index (χ4n) is 8.86. The van der Waals surface area contributed by atoms with Crippen LogP contribution in [0.4, 0.5) is 0 Å². The summed E-state index contributed by atoms with van der Waals surface area (Å²) in [7, 11) is 0. The average Bonchev–Trinajstić information content (AvgIpc) is 3.72. The molecule has 8 aromatic carbocycles. The zero-order valence-electron chi connectivity index (χ0n) is 29.1. The van der Waals surface area contributed by atoms with E-state index in [4.69, 9.17) is 9.97 Å². The number of aromatic nitrogens is 4. The lowest BCUT2D eigenvalue weighted by molar-refractivity contribution is 1.08. The molecule has 0 aliphatic rings. The molecule has 0 aliphatic carbocycles. The molecule has 0 N–H and O–H groups in total. The van der Waals surface area contributed by atoms with Crippen LogP contribution in [0.3, 0.4) is 0 Å². The van der Waals surface area contributed by atoms with Crippen LogP contribution in [0.5, 0.6) is 0 Å². The van der Waals surface area contributed by atoms with Gasteiger partial charge in [0.2, 0.25) is 0 Å². The van der Waals surface area contributed by atoms with Gasteiger partial charge in [0.1, 0.15) is 5.69 Å². The van der Waals surface area contributed by atoms with E-state index < -0.39 is 0 Å². The van der Waals surface area contributed by atoms with Gasteiger partial charge in [-0.2, -0.15) is 0 Å². The SMILES string of the molecule is c1ccc(-c2ccc(-c3ccc(-c4nc5ccccc5nc4-n4c5cccc6c7cccc8c9ccccc9n(c9cccc4c9c65)c78)cc3)cc2)cc1. The van der Waals surface area contributed by atoms with Crippen molar-refractivity contribution in [3.05, 3.63) is 182 Å². The number of rotatable bonds is 4. The van der Waals surface area contributed by atoms with Gasteiger partial charge in [0.05, 0.1) is 38.6 Å². The van der Waals surface area contributed by atoms with Gasteiger partial charge in [-0.3, -0.25) is 4.57 Å². The van der Waals surface area contributed by atoms with Crippen molar-refractivity contribution in [2.45, 2.75) is 0 Å². The van der Waals surface area contributed by atoms with Crippen LogP contribution < -0.4 is 0 Å². The Kier molecular flexibility index (Phi) is 6.02. The molecule has 0 fully saturated rings. The zero-order chi connectivity index (χ0) is 35.3. The second kappa shape index (κ2) is 11.1. The van der Waals surface area contributed by atoms with E-state index in [-0.39, 0.29) is 0 Å². The van der Waals surface area contributed by atoms with Crippen molar-refractivity contribution < 1.29 is 0 Å². The Morgan fingerprint density at radius 2 is 0.796 bits per heavy atom. The first kappa shape index (κ1) is 29.3. The van der Waals surface area contributed by atoms with E-state index in [2.05, 4.69) is 179 Å². The lowest BCUT2D eigenvalue weighted by atomic mass is 9.99. The Hall–Kier alpha value is -7.30. The highest BCUT2D eigenvalue weighted by Gasteiger charge is 2.24. The molecule has 250 valence electrons. The number of nitrogens with zero attached hydrogens (tertiary/aromatic N) is 4. The largest absolute Gasteiger partial charge is 0.308 e. The summed E-state index contributed by atoms with van der Waals surface area (Å²) < 4.78 is 4.82. The smallest absolute Gasteiger partial charge is 0.165 e. The van der Waals surface area contributed by atoms with Crippen LogP contribution in [0, 0.1) is 0 Å². The minimum absolute atomic E-state index is 0.819.